The molecule has 0 atom stereocenters. The Morgan fingerprint density at radius 3 is 2.68 bits per heavy atom. The summed E-state index contributed by atoms with van der Waals surface area (Å²) in [5.74, 6) is 0.184. The molecule has 1 aromatic heterocycles. The van der Waals surface area contributed by atoms with E-state index >= 15 is 0 Å². The lowest BCUT2D eigenvalue weighted by molar-refractivity contribution is 0.0719. The molecule has 0 saturated carbocycles. The lowest BCUT2D eigenvalue weighted by Crippen LogP contribution is -2.42. The Morgan fingerprint density at radius 1 is 1.14 bits per heavy atom. The van der Waals surface area contributed by atoms with Crippen molar-refractivity contribution in [1.82, 2.24) is 4.90 Å². The molecule has 2 N–H and O–H groups in total. The molecule has 3 nitrogen and oxygen atoms in total. The van der Waals surface area contributed by atoms with E-state index in [1.807, 2.05) is 4.90 Å². The highest BCUT2D eigenvalue weighted by Crippen LogP contribution is 2.39. The van der Waals surface area contributed by atoms with Crippen LogP contribution >= 0.6 is 11.3 Å². The maximum atomic E-state index is 12.7. The van der Waals surface area contributed by atoms with Crippen LogP contribution in [0.2, 0.25) is 0 Å². The second kappa shape index (κ2) is 5.52. The Bertz CT molecular complexity index is 714. The summed E-state index contributed by atoms with van der Waals surface area (Å²) in [4.78, 5) is 16.9. The van der Waals surface area contributed by atoms with Gasteiger partial charge in [0.25, 0.3) is 5.91 Å². The molecule has 1 fully saturated rings. The maximum absolute atomic E-state index is 12.7. The first kappa shape index (κ1) is 14.0. The zero-order valence-electron chi connectivity index (χ0n) is 12.5. The Kier molecular flexibility index (Phi) is 3.51. The summed E-state index contributed by atoms with van der Waals surface area (Å²) in [5, 5.41) is 0. The van der Waals surface area contributed by atoms with Gasteiger partial charge in [-0.05, 0) is 48.4 Å². The van der Waals surface area contributed by atoms with Crippen LogP contribution in [-0.4, -0.2) is 29.9 Å². The van der Waals surface area contributed by atoms with Gasteiger partial charge in [-0.25, -0.2) is 0 Å². The molecule has 0 spiro atoms. The molecule has 22 heavy (non-hydrogen) atoms. The van der Waals surface area contributed by atoms with Crippen LogP contribution in [0.3, 0.4) is 0 Å². The molecule has 1 amide bonds. The van der Waals surface area contributed by atoms with Gasteiger partial charge < -0.3 is 10.6 Å². The van der Waals surface area contributed by atoms with Crippen molar-refractivity contribution in [2.24, 2.45) is 5.73 Å². The monoisotopic (exact) mass is 312 g/mol. The third kappa shape index (κ3) is 2.36. The summed E-state index contributed by atoms with van der Waals surface area (Å²) in [6, 6.07) is 10.9. The summed E-state index contributed by atoms with van der Waals surface area (Å²) in [5.41, 5.74) is 9.98. The molecule has 2 heterocycles. The second-order valence-corrected chi connectivity index (χ2v) is 7.30. The molecular weight excluding hydrogens is 292 g/mol. The van der Waals surface area contributed by atoms with E-state index < -0.39 is 0 Å². The van der Waals surface area contributed by atoms with E-state index in [0.29, 0.717) is 0 Å². The number of piperidine rings is 1. The Morgan fingerprint density at radius 2 is 1.86 bits per heavy atom. The van der Waals surface area contributed by atoms with Gasteiger partial charge in [0.05, 0.1) is 4.88 Å². The number of benzene rings is 1. The third-order valence-corrected chi connectivity index (χ3v) is 5.97. The molecule has 1 saturated heterocycles. The normalized spacial score (nSPS) is 18.0. The smallest absolute Gasteiger partial charge is 0.263 e. The maximum Gasteiger partial charge on any atom is 0.263 e. The van der Waals surface area contributed by atoms with Crippen LogP contribution in [0.5, 0.6) is 0 Å². The number of carbonyl (C=O) groups excluding carboxylic acids is 1. The van der Waals surface area contributed by atoms with Gasteiger partial charge in [0, 0.05) is 24.0 Å². The minimum Gasteiger partial charge on any atom is -0.338 e. The van der Waals surface area contributed by atoms with E-state index in [2.05, 4.69) is 30.3 Å². The zero-order chi connectivity index (χ0) is 15.1. The van der Waals surface area contributed by atoms with E-state index in [1.54, 1.807) is 11.3 Å². The molecule has 0 bridgehead atoms. The van der Waals surface area contributed by atoms with E-state index in [-0.39, 0.29) is 11.9 Å². The fourth-order valence-electron chi connectivity index (χ4n) is 3.44. The number of rotatable bonds is 1. The van der Waals surface area contributed by atoms with Crippen LogP contribution in [0.25, 0.3) is 10.4 Å². The minimum atomic E-state index is 0.184. The lowest BCUT2D eigenvalue weighted by Gasteiger charge is -2.29. The van der Waals surface area contributed by atoms with E-state index in [0.717, 1.165) is 43.6 Å². The van der Waals surface area contributed by atoms with Gasteiger partial charge >= 0.3 is 0 Å². The number of nitrogens with two attached hydrogens (primary N) is 1. The first-order valence-electron chi connectivity index (χ1n) is 7.98. The highest BCUT2D eigenvalue weighted by Gasteiger charge is 2.26. The van der Waals surface area contributed by atoms with Crippen molar-refractivity contribution in [3.8, 4) is 10.4 Å². The highest BCUT2D eigenvalue weighted by atomic mass is 32.1. The van der Waals surface area contributed by atoms with Gasteiger partial charge in [-0.2, -0.15) is 0 Å². The molecule has 114 valence electrons. The average Bonchev–Trinajstić information content (AvgIpc) is 2.99. The minimum absolute atomic E-state index is 0.184. The van der Waals surface area contributed by atoms with Crippen molar-refractivity contribution in [2.45, 2.75) is 31.7 Å². The fourth-order valence-corrected chi connectivity index (χ4v) is 4.67. The zero-order valence-corrected chi connectivity index (χ0v) is 13.4. The fraction of sp³-hybridized carbons (Fsp3) is 0.389. The lowest BCUT2D eigenvalue weighted by atomic mass is 9.91. The number of carbonyl (C=O) groups is 1. The van der Waals surface area contributed by atoms with Gasteiger partial charge in [-0.15, -0.1) is 11.3 Å². The van der Waals surface area contributed by atoms with Crippen LogP contribution in [0, 0.1) is 0 Å². The van der Waals surface area contributed by atoms with Gasteiger partial charge in [-0.1, -0.05) is 24.3 Å². The summed E-state index contributed by atoms with van der Waals surface area (Å²) < 4.78 is 0. The van der Waals surface area contributed by atoms with E-state index in [9.17, 15) is 4.79 Å². The van der Waals surface area contributed by atoms with Crippen LogP contribution in [0.15, 0.2) is 30.3 Å². The average molecular weight is 312 g/mol. The largest absolute Gasteiger partial charge is 0.338 e. The molecule has 0 radical (unpaired) electrons. The molecule has 4 heteroatoms. The van der Waals surface area contributed by atoms with E-state index in [1.165, 1.54) is 21.6 Å². The number of aryl methyl sites for hydroxylation is 2. The van der Waals surface area contributed by atoms with Crippen molar-refractivity contribution in [3.05, 3.63) is 46.3 Å². The number of hydrogen-bond donors (Lipinski definition) is 1. The predicted octanol–water partition coefficient (Wildman–Crippen LogP) is 3.08. The summed E-state index contributed by atoms with van der Waals surface area (Å²) >= 11 is 1.66. The van der Waals surface area contributed by atoms with Gasteiger partial charge in [0.2, 0.25) is 0 Å². The number of amides is 1. The van der Waals surface area contributed by atoms with Crippen LogP contribution in [0.1, 0.15) is 33.6 Å². The summed E-state index contributed by atoms with van der Waals surface area (Å²) in [6.45, 7) is 1.58. The van der Waals surface area contributed by atoms with Crippen molar-refractivity contribution >= 4 is 17.2 Å². The Hall–Kier alpha value is -1.65. The summed E-state index contributed by atoms with van der Waals surface area (Å²) in [6.07, 6.45) is 3.95. The molecule has 0 unspecified atom stereocenters. The van der Waals surface area contributed by atoms with Crippen molar-refractivity contribution in [3.63, 3.8) is 0 Å². The number of thiophene rings is 1. The topological polar surface area (TPSA) is 46.3 Å². The van der Waals surface area contributed by atoms with Crippen molar-refractivity contribution in [2.75, 3.05) is 13.1 Å². The summed E-state index contributed by atoms with van der Waals surface area (Å²) in [7, 11) is 0. The number of nitrogens with zero attached hydrogens (tertiary/aromatic N) is 1. The van der Waals surface area contributed by atoms with Crippen LogP contribution in [-0.2, 0) is 12.8 Å². The second-order valence-electron chi connectivity index (χ2n) is 6.25. The predicted molar refractivity (Wildman–Crippen MR) is 90.3 cm³/mol. The van der Waals surface area contributed by atoms with Crippen LogP contribution < -0.4 is 5.73 Å². The highest BCUT2D eigenvalue weighted by molar-refractivity contribution is 7.17. The first-order chi connectivity index (χ1) is 10.7. The van der Waals surface area contributed by atoms with Gasteiger partial charge in [0.1, 0.15) is 0 Å². The molecule has 1 aliphatic heterocycles. The Balaban J connectivity index is 1.63. The molecule has 1 aliphatic carbocycles. The molecule has 4 rings (SSSR count). The number of likely N-dealkylation sites (tertiary alicyclic amines) is 1. The molecule has 2 aliphatic rings. The Labute approximate surface area is 134 Å². The van der Waals surface area contributed by atoms with Crippen molar-refractivity contribution < 1.29 is 4.79 Å². The van der Waals surface area contributed by atoms with Gasteiger partial charge in [0.15, 0.2) is 0 Å². The molecular formula is C18H20N2OS. The number of fused-ring (bicyclic) bond motifs is 3. The van der Waals surface area contributed by atoms with E-state index in [4.69, 9.17) is 5.73 Å². The molecule has 1 aromatic carbocycles. The third-order valence-electron chi connectivity index (χ3n) is 4.77. The van der Waals surface area contributed by atoms with Gasteiger partial charge in [-0.3, -0.25) is 4.79 Å². The SMILES string of the molecule is NC1CCN(C(=O)c2cc3c(s2)-c2ccccc2CC3)CC1. The quantitative estimate of drug-likeness (QED) is 0.879. The standard InChI is InChI=1S/C18H20N2OS/c19-14-7-9-20(10-8-14)18(21)16-11-13-6-5-12-3-1-2-4-15(12)17(13)22-16/h1-4,11,14H,5-10,19H2. The first-order valence-corrected chi connectivity index (χ1v) is 8.80. The molecule has 2 aromatic rings. The van der Waals surface area contributed by atoms with Crippen LogP contribution in [0.4, 0.5) is 0 Å². The number of hydrogen-bond acceptors (Lipinski definition) is 3. The van der Waals surface area contributed by atoms with Crippen molar-refractivity contribution in [1.29, 1.82) is 0 Å².